The van der Waals surface area contributed by atoms with Crippen molar-refractivity contribution in [3.63, 3.8) is 0 Å². The van der Waals surface area contributed by atoms with Crippen LogP contribution in [0.15, 0.2) is 164 Å². The number of hydrogen-bond donors (Lipinski definition) is 0. The molecule has 7 aromatic carbocycles. The maximum Gasteiger partial charge on any atom is 0.162 e. The van der Waals surface area contributed by atoms with E-state index >= 15 is 0 Å². The van der Waals surface area contributed by atoms with Crippen LogP contribution in [0.1, 0.15) is 0 Å². The van der Waals surface area contributed by atoms with Gasteiger partial charge >= 0.3 is 0 Å². The minimum absolute atomic E-state index is 0.707. The predicted octanol–water partition coefficient (Wildman–Crippen LogP) is 10.9. The Labute approximate surface area is 260 Å². The number of benzene rings is 7. The van der Waals surface area contributed by atoms with Crippen LogP contribution in [0.25, 0.3) is 82.9 Å². The molecular weight excluding hydrogens is 546 g/mol. The topological polar surface area (TPSA) is 30.7 Å². The third-order valence-corrected chi connectivity index (χ3v) is 8.78. The van der Waals surface area contributed by atoms with Crippen LogP contribution in [-0.2, 0) is 0 Å². The lowest BCUT2D eigenvalue weighted by molar-refractivity contribution is 1.05. The number of hydrogen-bond acceptors (Lipinski definition) is 2. The molecule has 0 aliphatic rings. The van der Waals surface area contributed by atoms with E-state index in [1.165, 1.54) is 43.4 Å². The summed E-state index contributed by atoms with van der Waals surface area (Å²) >= 11 is 0. The average Bonchev–Trinajstić information content (AvgIpc) is 3.46. The van der Waals surface area contributed by atoms with Gasteiger partial charge in [-0.3, -0.25) is 4.57 Å². The Kier molecular flexibility index (Phi) is 5.82. The fourth-order valence-electron chi connectivity index (χ4n) is 6.61. The second-order valence-corrected chi connectivity index (χ2v) is 11.5. The standard InChI is InChI=1S/C42H27N3/c1-3-12-29(13-4-1)37-27-40(44-42(43-37)30-14-5-2-6-15-30)45-38-18-10-9-17-36(38)41-35-23-21-33(26-34(35)22-24-39(41)45)32-20-19-28-11-7-8-16-31(28)25-32/h1-27H. The van der Waals surface area contributed by atoms with Gasteiger partial charge < -0.3 is 0 Å². The summed E-state index contributed by atoms with van der Waals surface area (Å²) in [6.07, 6.45) is 0. The summed E-state index contributed by atoms with van der Waals surface area (Å²) in [6, 6.07) is 57.9. The van der Waals surface area contributed by atoms with Gasteiger partial charge in [-0.2, -0.15) is 0 Å². The van der Waals surface area contributed by atoms with E-state index in [9.17, 15) is 0 Å². The molecule has 3 heteroatoms. The van der Waals surface area contributed by atoms with E-state index in [0.717, 1.165) is 33.7 Å². The smallest absolute Gasteiger partial charge is 0.162 e. The highest BCUT2D eigenvalue weighted by Gasteiger charge is 2.18. The average molecular weight is 574 g/mol. The van der Waals surface area contributed by atoms with Crippen LogP contribution in [0.5, 0.6) is 0 Å². The molecule has 210 valence electrons. The van der Waals surface area contributed by atoms with Gasteiger partial charge in [0.1, 0.15) is 5.82 Å². The maximum atomic E-state index is 5.18. The molecule has 9 rings (SSSR count). The van der Waals surface area contributed by atoms with Crippen molar-refractivity contribution in [3.05, 3.63) is 164 Å². The third kappa shape index (κ3) is 4.29. The van der Waals surface area contributed by atoms with Gasteiger partial charge in [0.15, 0.2) is 5.82 Å². The van der Waals surface area contributed by atoms with Crippen molar-refractivity contribution in [3.8, 4) is 39.6 Å². The van der Waals surface area contributed by atoms with Gasteiger partial charge in [-0.25, -0.2) is 9.97 Å². The molecule has 2 aromatic heterocycles. The van der Waals surface area contributed by atoms with E-state index in [-0.39, 0.29) is 0 Å². The predicted molar refractivity (Wildman–Crippen MR) is 188 cm³/mol. The molecule has 0 unspecified atom stereocenters. The van der Waals surface area contributed by atoms with Gasteiger partial charge in [0.25, 0.3) is 0 Å². The molecule has 0 N–H and O–H groups in total. The van der Waals surface area contributed by atoms with E-state index in [1.807, 2.05) is 24.3 Å². The zero-order valence-corrected chi connectivity index (χ0v) is 24.4. The van der Waals surface area contributed by atoms with E-state index in [1.54, 1.807) is 0 Å². The molecule has 0 atom stereocenters. The molecule has 0 spiro atoms. The molecule has 3 nitrogen and oxygen atoms in total. The van der Waals surface area contributed by atoms with Crippen LogP contribution in [0.4, 0.5) is 0 Å². The number of rotatable bonds is 4. The number of nitrogens with zero attached hydrogens (tertiary/aromatic N) is 3. The van der Waals surface area contributed by atoms with Crippen molar-refractivity contribution in [1.29, 1.82) is 0 Å². The van der Waals surface area contributed by atoms with Gasteiger partial charge in [0.2, 0.25) is 0 Å². The Balaban J connectivity index is 1.28. The summed E-state index contributed by atoms with van der Waals surface area (Å²) in [4.78, 5) is 10.2. The van der Waals surface area contributed by atoms with E-state index in [2.05, 4.69) is 144 Å². The number of para-hydroxylation sites is 1. The highest BCUT2D eigenvalue weighted by molar-refractivity contribution is 6.21. The highest BCUT2D eigenvalue weighted by atomic mass is 15.1. The normalized spacial score (nSPS) is 11.6. The largest absolute Gasteiger partial charge is 0.294 e. The first kappa shape index (κ1) is 25.4. The SMILES string of the molecule is c1ccc(-c2cc(-n3c4ccccc4c4c5ccc(-c6ccc7ccccc7c6)cc5ccc43)nc(-c3ccccc3)n2)cc1. The van der Waals surface area contributed by atoms with E-state index in [4.69, 9.17) is 9.97 Å². The van der Waals surface area contributed by atoms with Gasteiger partial charge in [-0.05, 0) is 56.9 Å². The first-order chi connectivity index (χ1) is 22.3. The van der Waals surface area contributed by atoms with Crippen molar-refractivity contribution in [2.75, 3.05) is 0 Å². The lowest BCUT2D eigenvalue weighted by Gasteiger charge is -2.12. The van der Waals surface area contributed by atoms with Crippen molar-refractivity contribution >= 4 is 43.4 Å². The number of aromatic nitrogens is 3. The minimum atomic E-state index is 0.707. The van der Waals surface area contributed by atoms with Gasteiger partial charge in [0.05, 0.1) is 16.7 Å². The third-order valence-electron chi connectivity index (χ3n) is 8.78. The van der Waals surface area contributed by atoms with Crippen LogP contribution in [0, 0.1) is 0 Å². The van der Waals surface area contributed by atoms with E-state index < -0.39 is 0 Å². The molecule has 0 fully saturated rings. The second-order valence-electron chi connectivity index (χ2n) is 11.5. The maximum absolute atomic E-state index is 5.18. The van der Waals surface area contributed by atoms with E-state index in [0.29, 0.717) is 5.82 Å². The van der Waals surface area contributed by atoms with Crippen LogP contribution in [0.3, 0.4) is 0 Å². The molecular formula is C42H27N3. The zero-order chi connectivity index (χ0) is 29.7. The van der Waals surface area contributed by atoms with Gasteiger partial charge in [-0.15, -0.1) is 0 Å². The Hall–Kier alpha value is -6.06. The zero-order valence-electron chi connectivity index (χ0n) is 24.4. The summed E-state index contributed by atoms with van der Waals surface area (Å²) in [6.45, 7) is 0. The number of fused-ring (bicyclic) bond motifs is 6. The fraction of sp³-hybridized carbons (Fsp3) is 0. The van der Waals surface area contributed by atoms with Crippen molar-refractivity contribution in [2.24, 2.45) is 0 Å². The Morgan fingerprint density at radius 2 is 1.02 bits per heavy atom. The highest BCUT2D eigenvalue weighted by Crippen LogP contribution is 2.39. The fourth-order valence-corrected chi connectivity index (χ4v) is 6.61. The Morgan fingerprint density at radius 1 is 0.378 bits per heavy atom. The lowest BCUT2D eigenvalue weighted by Crippen LogP contribution is -2.02. The molecule has 2 heterocycles. The Bertz CT molecular complexity index is 2470. The van der Waals surface area contributed by atoms with Crippen molar-refractivity contribution in [2.45, 2.75) is 0 Å². The first-order valence-corrected chi connectivity index (χ1v) is 15.3. The summed E-state index contributed by atoms with van der Waals surface area (Å²) in [5.41, 5.74) is 7.63. The lowest BCUT2D eigenvalue weighted by atomic mass is 9.97. The van der Waals surface area contributed by atoms with Crippen molar-refractivity contribution < 1.29 is 0 Å². The molecule has 0 amide bonds. The molecule has 45 heavy (non-hydrogen) atoms. The molecule has 0 aliphatic heterocycles. The van der Waals surface area contributed by atoms with Crippen LogP contribution < -0.4 is 0 Å². The van der Waals surface area contributed by atoms with Crippen molar-refractivity contribution in [1.82, 2.24) is 14.5 Å². The summed E-state index contributed by atoms with van der Waals surface area (Å²) < 4.78 is 2.29. The molecule has 0 aliphatic carbocycles. The Morgan fingerprint density at radius 3 is 1.84 bits per heavy atom. The molecule has 0 bridgehead atoms. The summed E-state index contributed by atoms with van der Waals surface area (Å²) in [5, 5.41) is 7.39. The van der Waals surface area contributed by atoms with Crippen LogP contribution in [-0.4, -0.2) is 14.5 Å². The first-order valence-electron chi connectivity index (χ1n) is 15.3. The molecule has 0 saturated carbocycles. The molecule has 0 saturated heterocycles. The summed E-state index contributed by atoms with van der Waals surface area (Å²) in [7, 11) is 0. The van der Waals surface area contributed by atoms with Gasteiger partial charge in [-0.1, -0.05) is 133 Å². The van der Waals surface area contributed by atoms with Gasteiger partial charge in [0, 0.05) is 28.0 Å². The van der Waals surface area contributed by atoms with Crippen LogP contribution in [0.2, 0.25) is 0 Å². The molecule has 0 radical (unpaired) electrons. The minimum Gasteiger partial charge on any atom is -0.294 e. The monoisotopic (exact) mass is 573 g/mol. The van der Waals surface area contributed by atoms with Crippen LogP contribution >= 0.6 is 0 Å². The summed E-state index contributed by atoms with van der Waals surface area (Å²) in [5.74, 6) is 1.56. The molecule has 9 aromatic rings. The quantitative estimate of drug-likeness (QED) is 0.210. The second kappa shape index (κ2) is 10.3.